The van der Waals surface area contributed by atoms with Crippen LogP contribution < -0.4 is 0 Å². The minimum atomic E-state index is -4.11. The van der Waals surface area contributed by atoms with Gasteiger partial charge < -0.3 is 0 Å². The Morgan fingerprint density at radius 1 is 1.50 bits per heavy atom. The van der Waals surface area contributed by atoms with E-state index in [1.54, 1.807) is 6.20 Å². The molecule has 0 N–H and O–H groups in total. The molecule has 0 bridgehead atoms. The minimum Gasteiger partial charge on any atom is -0.252 e. The molecule has 1 unspecified atom stereocenters. The van der Waals surface area contributed by atoms with E-state index < -0.39 is 12.6 Å². The van der Waals surface area contributed by atoms with E-state index in [1.807, 2.05) is 6.92 Å². The van der Waals surface area contributed by atoms with Crippen LogP contribution in [-0.4, -0.2) is 21.2 Å². The molecule has 92 valence electrons. The summed E-state index contributed by atoms with van der Waals surface area (Å²) in [4.78, 5) is 0. The lowest BCUT2D eigenvalue weighted by Crippen LogP contribution is -2.09. The number of alkyl halides is 4. The molecule has 0 aliphatic rings. The number of aryl methyl sites for hydroxylation is 1. The van der Waals surface area contributed by atoms with Crippen molar-refractivity contribution in [1.29, 1.82) is 0 Å². The lowest BCUT2D eigenvalue weighted by molar-refractivity contribution is -0.136. The Kier molecular flexibility index (Phi) is 4.58. The van der Waals surface area contributed by atoms with Crippen LogP contribution in [0.25, 0.3) is 0 Å². The Hall–Kier alpha value is -0.780. The summed E-state index contributed by atoms with van der Waals surface area (Å²) in [6.07, 6.45) is -2.60. The van der Waals surface area contributed by atoms with Gasteiger partial charge in [-0.25, -0.2) is 0 Å². The molecule has 0 aliphatic heterocycles. The standard InChI is InChI=1S/C9H13ClF3N3/c1-2-7(10)8-6-16(15-14-8)5-3-4-9(11,12)13/h6-7H,2-5H2,1H3. The molecular weight excluding hydrogens is 243 g/mol. The number of hydrogen-bond acceptors (Lipinski definition) is 2. The van der Waals surface area contributed by atoms with Crippen molar-refractivity contribution in [3.05, 3.63) is 11.9 Å². The van der Waals surface area contributed by atoms with Gasteiger partial charge in [-0.2, -0.15) is 13.2 Å². The van der Waals surface area contributed by atoms with Crippen LogP contribution in [0.5, 0.6) is 0 Å². The summed E-state index contributed by atoms with van der Waals surface area (Å²) in [5.41, 5.74) is 0.608. The van der Waals surface area contributed by atoms with Crippen molar-refractivity contribution in [3.8, 4) is 0 Å². The van der Waals surface area contributed by atoms with Crippen molar-refractivity contribution in [2.24, 2.45) is 0 Å². The third-order valence-corrected chi connectivity index (χ3v) is 2.62. The summed E-state index contributed by atoms with van der Waals surface area (Å²) in [6.45, 7) is 2.11. The first-order chi connectivity index (χ1) is 7.42. The molecular formula is C9H13ClF3N3. The molecule has 0 aliphatic carbocycles. The topological polar surface area (TPSA) is 30.7 Å². The van der Waals surface area contributed by atoms with Crippen LogP contribution in [0.15, 0.2) is 6.20 Å². The van der Waals surface area contributed by atoms with Gasteiger partial charge in [0.15, 0.2) is 0 Å². The second-order valence-corrected chi connectivity index (χ2v) is 4.03. The molecule has 1 rings (SSSR count). The Morgan fingerprint density at radius 3 is 2.75 bits per heavy atom. The fourth-order valence-electron chi connectivity index (χ4n) is 1.22. The van der Waals surface area contributed by atoms with Gasteiger partial charge in [-0.3, -0.25) is 4.68 Å². The highest BCUT2D eigenvalue weighted by Crippen LogP contribution is 2.23. The number of aromatic nitrogens is 3. The van der Waals surface area contributed by atoms with Gasteiger partial charge in [0.2, 0.25) is 0 Å². The van der Waals surface area contributed by atoms with E-state index in [4.69, 9.17) is 11.6 Å². The Balaban J connectivity index is 2.41. The van der Waals surface area contributed by atoms with E-state index in [-0.39, 0.29) is 18.3 Å². The molecule has 0 saturated carbocycles. The average Bonchev–Trinajstić information content (AvgIpc) is 2.63. The van der Waals surface area contributed by atoms with E-state index in [0.29, 0.717) is 12.1 Å². The molecule has 1 heterocycles. The minimum absolute atomic E-state index is 0.00533. The van der Waals surface area contributed by atoms with E-state index in [1.165, 1.54) is 4.68 Å². The monoisotopic (exact) mass is 255 g/mol. The van der Waals surface area contributed by atoms with E-state index in [2.05, 4.69) is 10.3 Å². The highest BCUT2D eigenvalue weighted by atomic mass is 35.5. The molecule has 0 spiro atoms. The summed E-state index contributed by atoms with van der Waals surface area (Å²) in [5.74, 6) is 0. The Bertz CT molecular complexity index is 324. The third-order valence-electron chi connectivity index (χ3n) is 2.08. The van der Waals surface area contributed by atoms with Crippen molar-refractivity contribution < 1.29 is 13.2 Å². The predicted molar refractivity (Wildman–Crippen MR) is 54.2 cm³/mol. The van der Waals surface area contributed by atoms with Crippen LogP contribution in [0.1, 0.15) is 37.3 Å². The van der Waals surface area contributed by atoms with Crippen molar-refractivity contribution >= 4 is 11.6 Å². The molecule has 1 atom stereocenters. The van der Waals surface area contributed by atoms with E-state index in [0.717, 1.165) is 0 Å². The molecule has 3 nitrogen and oxygen atoms in total. The lowest BCUT2D eigenvalue weighted by atomic mass is 10.2. The van der Waals surface area contributed by atoms with Gasteiger partial charge in [-0.05, 0) is 12.8 Å². The SMILES string of the molecule is CCC(Cl)c1cn(CCCC(F)(F)F)nn1. The maximum atomic E-state index is 11.9. The summed E-state index contributed by atoms with van der Waals surface area (Å²) in [6, 6.07) is 0. The van der Waals surface area contributed by atoms with Crippen LogP contribution in [0.4, 0.5) is 13.2 Å². The van der Waals surface area contributed by atoms with Crippen molar-refractivity contribution in [2.75, 3.05) is 0 Å². The Labute approximate surface area is 96.6 Å². The van der Waals surface area contributed by atoms with Gasteiger partial charge in [0.1, 0.15) is 5.69 Å². The first-order valence-electron chi connectivity index (χ1n) is 5.03. The quantitative estimate of drug-likeness (QED) is 0.756. The smallest absolute Gasteiger partial charge is 0.252 e. The third kappa shape index (κ3) is 4.38. The van der Waals surface area contributed by atoms with Gasteiger partial charge in [0, 0.05) is 19.2 Å². The van der Waals surface area contributed by atoms with Crippen LogP contribution >= 0.6 is 11.6 Å². The fraction of sp³-hybridized carbons (Fsp3) is 0.778. The lowest BCUT2D eigenvalue weighted by Gasteiger charge is -2.05. The molecule has 7 heteroatoms. The molecule has 1 aromatic heterocycles. The summed E-state index contributed by atoms with van der Waals surface area (Å²) in [5, 5.41) is 7.30. The predicted octanol–water partition coefficient (Wildman–Crippen LogP) is 3.31. The summed E-state index contributed by atoms with van der Waals surface area (Å²) in [7, 11) is 0. The zero-order chi connectivity index (χ0) is 12.2. The van der Waals surface area contributed by atoms with Crippen LogP contribution in [0.3, 0.4) is 0 Å². The molecule has 0 aromatic carbocycles. The highest BCUT2D eigenvalue weighted by molar-refractivity contribution is 6.20. The molecule has 0 saturated heterocycles. The maximum Gasteiger partial charge on any atom is 0.389 e. The van der Waals surface area contributed by atoms with Gasteiger partial charge in [0.05, 0.1) is 5.38 Å². The van der Waals surface area contributed by atoms with Crippen molar-refractivity contribution in [2.45, 2.75) is 44.3 Å². The van der Waals surface area contributed by atoms with Gasteiger partial charge in [-0.15, -0.1) is 16.7 Å². The van der Waals surface area contributed by atoms with Gasteiger partial charge in [0.25, 0.3) is 0 Å². The van der Waals surface area contributed by atoms with Crippen LogP contribution in [0, 0.1) is 0 Å². The highest BCUT2D eigenvalue weighted by Gasteiger charge is 2.26. The first-order valence-corrected chi connectivity index (χ1v) is 5.47. The largest absolute Gasteiger partial charge is 0.389 e. The van der Waals surface area contributed by atoms with Crippen molar-refractivity contribution in [1.82, 2.24) is 15.0 Å². The van der Waals surface area contributed by atoms with Gasteiger partial charge in [-0.1, -0.05) is 12.1 Å². The van der Waals surface area contributed by atoms with E-state index in [9.17, 15) is 13.2 Å². The van der Waals surface area contributed by atoms with Gasteiger partial charge >= 0.3 is 6.18 Å². The zero-order valence-electron chi connectivity index (χ0n) is 8.84. The second kappa shape index (κ2) is 5.52. The molecule has 16 heavy (non-hydrogen) atoms. The number of halogens is 4. The number of hydrogen-bond donors (Lipinski definition) is 0. The molecule has 0 amide bonds. The molecule has 1 aromatic rings. The normalized spacial score (nSPS) is 14.1. The summed E-state index contributed by atoms with van der Waals surface area (Å²) >= 11 is 5.91. The molecule has 0 radical (unpaired) electrons. The summed E-state index contributed by atoms with van der Waals surface area (Å²) < 4.78 is 37.0. The maximum absolute atomic E-state index is 11.9. The fourth-order valence-corrected chi connectivity index (χ4v) is 1.32. The number of nitrogens with zero attached hydrogens (tertiary/aromatic N) is 3. The molecule has 0 fully saturated rings. The van der Waals surface area contributed by atoms with Crippen LogP contribution in [-0.2, 0) is 6.54 Å². The van der Waals surface area contributed by atoms with Crippen molar-refractivity contribution in [3.63, 3.8) is 0 Å². The average molecular weight is 256 g/mol. The van der Waals surface area contributed by atoms with Crippen LogP contribution in [0.2, 0.25) is 0 Å². The second-order valence-electron chi connectivity index (χ2n) is 3.50. The van der Waals surface area contributed by atoms with E-state index >= 15 is 0 Å². The Morgan fingerprint density at radius 2 is 2.19 bits per heavy atom. The first kappa shape index (κ1) is 13.3. The zero-order valence-corrected chi connectivity index (χ0v) is 9.59. The number of rotatable bonds is 5.